The Labute approximate surface area is 196 Å². The van der Waals surface area contributed by atoms with Crippen LogP contribution in [0.4, 0.5) is 4.79 Å². The lowest BCUT2D eigenvalue weighted by Gasteiger charge is -2.13. The SMILES string of the molecule is CCOc1ccc(/C=C2\SC(=O)N(CCNC(=O)Cc3cccc(OC)c3)C2=O)cc1OC. The van der Waals surface area contributed by atoms with Gasteiger partial charge in [-0.2, -0.15) is 0 Å². The van der Waals surface area contributed by atoms with Gasteiger partial charge in [-0.1, -0.05) is 18.2 Å². The second-order valence-electron chi connectivity index (χ2n) is 7.05. The van der Waals surface area contributed by atoms with Gasteiger partial charge in [0.2, 0.25) is 5.91 Å². The van der Waals surface area contributed by atoms with Gasteiger partial charge in [-0.15, -0.1) is 0 Å². The van der Waals surface area contributed by atoms with Crippen LogP contribution in [0.15, 0.2) is 47.4 Å². The molecule has 1 fully saturated rings. The predicted molar refractivity (Wildman–Crippen MR) is 127 cm³/mol. The largest absolute Gasteiger partial charge is 0.497 e. The van der Waals surface area contributed by atoms with Gasteiger partial charge >= 0.3 is 0 Å². The molecular weight excluding hydrogens is 444 g/mol. The Morgan fingerprint density at radius 1 is 1.09 bits per heavy atom. The highest BCUT2D eigenvalue weighted by molar-refractivity contribution is 8.18. The van der Waals surface area contributed by atoms with Gasteiger partial charge in [0.05, 0.1) is 32.2 Å². The van der Waals surface area contributed by atoms with Crippen molar-refractivity contribution in [1.29, 1.82) is 0 Å². The summed E-state index contributed by atoms with van der Waals surface area (Å²) in [5, 5.41) is 2.38. The number of ether oxygens (including phenoxy) is 3. The number of benzene rings is 2. The van der Waals surface area contributed by atoms with Crippen molar-refractivity contribution in [1.82, 2.24) is 10.2 Å². The third kappa shape index (κ3) is 6.29. The molecule has 8 nitrogen and oxygen atoms in total. The third-order valence-electron chi connectivity index (χ3n) is 4.82. The fraction of sp³-hybridized carbons (Fsp3) is 0.292. The van der Waals surface area contributed by atoms with Crippen molar-refractivity contribution in [2.75, 3.05) is 33.9 Å². The smallest absolute Gasteiger partial charge is 0.293 e. The van der Waals surface area contributed by atoms with Crippen LogP contribution >= 0.6 is 11.8 Å². The maximum absolute atomic E-state index is 12.7. The van der Waals surface area contributed by atoms with Crippen molar-refractivity contribution in [3.05, 3.63) is 58.5 Å². The monoisotopic (exact) mass is 470 g/mol. The molecule has 33 heavy (non-hydrogen) atoms. The molecule has 0 bridgehead atoms. The molecular formula is C24H26N2O6S. The standard InChI is InChI=1S/C24H26N2O6S/c1-4-32-19-9-8-17(13-20(19)31-3)14-21-23(28)26(24(29)33-21)11-10-25-22(27)15-16-6-5-7-18(12-16)30-2/h5-9,12-14H,4,10-11,15H2,1-3H3,(H,25,27)/b21-14-. The van der Waals surface area contributed by atoms with Gasteiger partial charge in [0, 0.05) is 13.1 Å². The molecule has 1 N–H and O–H groups in total. The Balaban J connectivity index is 1.57. The molecule has 0 aromatic heterocycles. The van der Waals surface area contributed by atoms with Crippen LogP contribution in [0.2, 0.25) is 0 Å². The third-order valence-corrected chi connectivity index (χ3v) is 5.72. The van der Waals surface area contributed by atoms with E-state index in [2.05, 4.69) is 5.32 Å². The number of nitrogens with zero attached hydrogens (tertiary/aromatic N) is 1. The van der Waals surface area contributed by atoms with E-state index >= 15 is 0 Å². The van der Waals surface area contributed by atoms with Crippen molar-refractivity contribution < 1.29 is 28.6 Å². The van der Waals surface area contributed by atoms with E-state index in [-0.39, 0.29) is 36.6 Å². The fourth-order valence-corrected chi connectivity index (χ4v) is 4.10. The van der Waals surface area contributed by atoms with Gasteiger partial charge in [-0.3, -0.25) is 19.3 Å². The fourth-order valence-electron chi connectivity index (χ4n) is 3.23. The van der Waals surface area contributed by atoms with E-state index in [1.807, 2.05) is 19.1 Å². The molecule has 1 aliphatic rings. The van der Waals surface area contributed by atoms with Gasteiger partial charge in [0.1, 0.15) is 5.75 Å². The van der Waals surface area contributed by atoms with Gasteiger partial charge in [-0.25, -0.2) is 0 Å². The number of nitrogens with one attached hydrogen (secondary N) is 1. The molecule has 0 saturated carbocycles. The molecule has 174 valence electrons. The minimum absolute atomic E-state index is 0.0957. The number of thioether (sulfide) groups is 1. The van der Waals surface area contributed by atoms with Crippen LogP contribution in [0.3, 0.4) is 0 Å². The van der Waals surface area contributed by atoms with E-state index in [0.717, 1.165) is 22.2 Å². The van der Waals surface area contributed by atoms with Gasteiger partial charge < -0.3 is 19.5 Å². The topological polar surface area (TPSA) is 94.2 Å². The summed E-state index contributed by atoms with van der Waals surface area (Å²) in [6.45, 7) is 2.65. The summed E-state index contributed by atoms with van der Waals surface area (Å²) >= 11 is 0.870. The first-order valence-corrected chi connectivity index (χ1v) is 11.2. The van der Waals surface area contributed by atoms with Gasteiger partial charge in [0.15, 0.2) is 11.5 Å². The number of imide groups is 1. The summed E-state index contributed by atoms with van der Waals surface area (Å²) < 4.78 is 16.0. The number of rotatable bonds is 10. The highest BCUT2D eigenvalue weighted by Gasteiger charge is 2.34. The van der Waals surface area contributed by atoms with Crippen LogP contribution in [0.5, 0.6) is 17.2 Å². The number of methoxy groups -OCH3 is 2. The molecule has 1 saturated heterocycles. The first-order chi connectivity index (χ1) is 15.9. The van der Waals surface area contributed by atoms with Gasteiger partial charge in [0.25, 0.3) is 11.1 Å². The predicted octanol–water partition coefficient (Wildman–Crippen LogP) is 3.50. The molecule has 0 atom stereocenters. The lowest BCUT2D eigenvalue weighted by atomic mass is 10.1. The summed E-state index contributed by atoms with van der Waals surface area (Å²) in [7, 11) is 3.11. The second-order valence-corrected chi connectivity index (χ2v) is 8.05. The number of carbonyl (C=O) groups excluding carboxylic acids is 3. The maximum atomic E-state index is 12.7. The second kappa shape index (κ2) is 11.4. The first-order valence-electron chi connectivity index (χ1n) is 10.4. The molecule has 1 aliphatic heterocycles. The Kier molecular flexibility index (Phi) is 8.37. The summed E-state index contributed by atoms with van der Waals surface area (Å²) in [6, 6.07) is 12.5. The zero-order valence-corrected chi connectivity index (χ0v) is 19.6. The Hall–Kier alpha value is -3.46. The summed E-state index contributed by atoms with van der Waals surface area (Å²) in [6.07, 6.45) is 1.82. The molecule has 0 unspecified atom stereocenters. The van der Waals surface area contributed by atoms with E-state index < -0.39 is 0 Å². The van der Waals surface area contributed by atoms with Crippen LogP contribution in [-0.4, -0.2) is 55.9 Å². The molecule has 3 rings (SSSR count). The maximum Gasteiger partial charge on any atom is 0.293 e. The molecule has 9 heteroatoms. The minimum atomic E-state index is -0.389. The minimum Gasteiger partial charge on any atom is -0.497 e. The highest BCUT2D eigenvalue weighted by Crippen LogP contribution is 2.34. The van der Waals surface area contributed by atoms with Crippen LogP contribution in [0.25, 0.3) is 6.08 Å². The van der Waals surface area contributed by atoms with Crippen molar-refractivity contribution >= 4 is 34.9 Å². The first kappa shape index (κ1) is 24.2. The summed E-state index contributed by atoms with van der Waals surface area (Å²) in [5.41, 5.74) is 1.53. The zero-order chi connectivity index (χ0) is 23.8. The van der Waals surface area contributed by atoms with E-state index in [1.165, 1.54) is 7.11 Å². The van der Waals surface area contributed by atoms with E-state index in [0.29, 0.717) is 34.3 Å². The molecule has 1 heterocycles. The number of hydrogen-bond donors (Lipinski definition) is 1. The Morgan fingerprint density at radius 2 is 1.91 bits per heavy atom. The Morgan fingerprint density at radius 3 is 2.64 bits per heavy atom. The molecule has 2 aromatic rings. The lowest BCUT2D eigenvalue weighted by Crippen LogP contribution is -2.37. The highest BCUT2D eigenvalue weighted by atomic mass is 32.2. The molecule has 0 radical (unpaired) electrons. The number of hydrogen-bond acceptors (Lipinski definition) is 7. The average molecular weight is 471 g/mol. The van der Waals surface area contributed by atoms with Crippen molar-refractivity contribution in [3.63, 3.8) is 0 Å². The molecule has 0 spiro atoms. The van der Waals surface area contributed by atoms with Gasteiger partial charge in [-0.05, 0) is 60.2 Å². The van der Waals surface area contributed by atoms with Crippen LogP contribution in [-0.2, 0) is 16.0 Å². The van der Waals surface area contributed by atoms with E-state index in [9.17, 15) is 14.4 Å². The van der Waals surface area contributed by atoms with Crippen LogP contribution < -0.4 is 19.5 Å². The Bertz CT molecular complexity index is 1070. The summed E-state index contributed by atoms with van der Waals surface area (Å²) in [5.74, 6) is 1.24. The quantitative estimate of drug-likeness (QED) is 0.531. The van der Waals surface area contributed by atoms with E-state index in [1.54, 1.807) is 43.5 Å². The molecule has 3 amide bonds. The van der Waals surface area contributed by atoms with E-state index in [4.69, 9.17) is 14.2 Å². The van der Waals surface area contributed by atoms with Crippen LogP contribution in [0, 0.1) is 0 Å². The average Bonchev–Trinajstić information content (AvgIpc) is 3.07. The van der Waals surface area contributed by atoms with Crippen LogP contribution in [0.1, 0.15) is 18.1 Å². The number of carbonyl (C=O) groups is 3. The molecule has 0 aliphatic carbocycles. The molecule has 2 aromatic carbocycles. The van der Waals surface area contributed by atoms with Crippen molar-refractivity contribution in [2.45, 2.75) is 13.3 Å². The van der Waals surface area contributed by atoms with Crippen molar-refractivity contribution in [2.24, 2.45) is 0 Å². The lowest BCUT2D eigenvalue weighted by molar-refractivity contribution is -0.124. The number of amides is 3. The summed E-state index contributed by atoms with van der Waals surface area (Å²) in [4.78, 5) is 38.7. The normalized spacial score (nSPS) is 14.5. The van der Waals surface area contributed by atoms with Crippen molar-refractivity contribution in [3.8, 4) is 17.2 Å². The zero-order valence-electron chi connectivity index (χ0n) is 18.8.